The van der Waals surface area contributed by atoms with Crippen LogP contribution in [-0.2, 0) is 0 Å². The number of hydrogen-bond acceptors (Lipinski definition) is 8. The molecule has 1 amide bonds. The molecule has 1 aliphatic heterocycles. The van der Waals surface area contributed by atoms with Gasteiger partial charge in [-0.3, -0.25) is 4.79 Å². The lowest BCUT2D eigenvalue weighted by atomic mass is 10.0. The minimum absolute atomic E-state index is 0.00202. The number of amides is 1. The molecule has 4 rings (SSSR count). The summed E-state index contributed by atoms with van der Waals surface area (Å²) in [4.78, 5) is 23.1. The lowest BCUT2D eigenvalue weighted by Gasteiger charge is -2.34. The average Bonchev–Trinajstić information content (AvgIpc) is 3.24. The number of carbonyl (C=O) groups excluding carboxylic acids is 1. The second-order valence-corrected chi connectivity index (χ2v) is 8.26. The molecular weight excluding hydrogens is 436 g/mol. The number of rotatable bonds is 5. The van der Waals surface area contributed by atoms with Gasteiger partial charge in [0.1, 0.15) is 28.2 Å². The molecule has 1 fully saturated rings. The molecule has 0 bridgehead atoms. The van der Waals surface area contributed by atoms with Crippen molar-refractivity contribution in [3.05, 3.63) is 52.7 Å². The molecule has 3 heterocycles. The molecule has 11 heteroatoms. The predicted octanol–water partition coefficient (Wildman–Crippen LogP) is 3.24. The number of benzene rings is 1. The summed E-state index contributed by atoms with van der Waals surface area (Å²) >= 11 is 0.962. The first-order valence-electron chi connectivity index (χ1n) is 9.89. The fourth-order valence-corrected chi connectivity index (χ4v) is 4.55. The largest absolute Gasteiger partial charge is 0.383 e. The molecule has 1 atom stereocenters. The number of pyridine rings is 1. The maximum atomic E-state index is 14.1. The van der Waals surface area contributed by atoms with Gasteiger partial charge in [0.2, 0.25) is 0 Å². The standard InChI is InChI=1S/C21H21F2N7OS/c22-13-4-1-5-14(23)17(13)21-29-16(10-32-21)20(31)28-15-8-27-19(26)12(7-24)18(15)30-6-2-3-11(25)9-30/h1,4-5,7-8,10-11,24H,2-3,6,9,25H2,(H2,26,27)(H,28,31). The third-order valence-electron chi connectivity index (χ3n) is 5.20. The SMILES string of the molecule is N=Cc1c(N)ncc(NC(=O)c2csc(-c3c(F)cccc3F)n2)c1N1CCCC(N)C1. The molecule has 0 aliphatic carbocycles. The topological polar surface area (TPSA) is 134 Å². The van der Waals surface area contributed by atoms with Gasteiger partial charge in [-0.1, -0.05) is 6.07 Å². The van der Waals surface area contributed by atoms with Crippen LogP contribution in [0.1, 0.15) is 28.9 Å². The summed E-state index contributed by atoms with van der Waals surface area (Å²) in [5.74, 6) is -1.92. The van der Waals surface area contributed by atoms with Gasteiger partial charge >= 0.3 is 0 Å². The van der Waals surface area contributed by atoms with Gasteiger partial charge < -0.3 is 27.1 Å². The van der Waals surface area contributed by atoms with E-state index in [1.807, 2.05) is 4.90 Å². The zero-order chi connectivity index (χ0) is 22.8. The van der Waals surface area contributed by atoms with Gasteiger partial charge in [0, 0.05) is 30.7 Å². The summed E-state index contributed by atoms with van der Waals surface area (Å²) in [7, 11) is 0. The molecule has 0 saturated carbocycles. The summed E-state index contributed by atoms with van der Waals surface area (Å²) in [5, 5.41) is 12.0. The molecule has 1 aromatic carbocycles. The molecule has 1 aliphatic rings. The lowest BCUT2D eigenvalue weighted by molar-refractivity contribution is 0.102. The second kappa shape index (κ2) is 8.97. The summed E-state index contributed by atoms with van der Waals surface area (Å²) in [6.45, 7) is 1.23. The van der Waals surface area contributed by atoms with Crippen molar-refractivity contribution >= 4 is 40.7 Å². The average molecular weight is 458 g/mol. The number of halogens is 2. The van der Waals surface area contributed by atoms with Gasteiger partial charge in [-0.25, -0.2) is 18.7 Å². The third-order valence-corrected chi connectivity index (χ3v) is 6.06. The van der Waals surface area contributed by atoms with Crippen molar-refractivity contribution in [3.8, 4) is 10.6 Å². The van der Waals surface area contributed by atoms with Crippen LogP contribution in [0.15, 0.2) is 29.8 Å². The zero-order valence-electron chi connectivity index (χ0n) is 16.9. The van der Waals surface area contributed by atoms with Crippen molar-refractivity contribution in [2.75, 3.05) is 29.0 Å². The van der Waals surface area contributed by atoms with E-state index in [2.05, 4.69) is 15.3 Å². The Kier molecular flexibility index (Phi) is 6.10. The van der Waals surface area contributed by atoms with Crippen LogP contribution in [0.2, 0.25) is 0 Å². The number of aromatic nitrogens is 2. The van der Waals surface area contributed by atoms with Crippen LogP contribution in [0.3, 0.4) is 0 Å². The quantitative estimate of drug-likeness (QED) is 0.435. The number of nitrogens with zero attached hydrogens (tertiary/aromatic N) is 3. The first-order chi connectivity index (χ1) is 15.4. The van der Waals surface area contributed by atoms with Gasteiger partial charge in [-0.15, -0.1) is 11.3 Å². The highest BCUT2D eigenvalue weighted by Crippen LogP contribution is 2.34. The molecule has 32 heavy (non-hydrogen) atoms. The number of carbonyl (C=O) groups is 1. The van der Waals surface area contributed by atoms with Crippen LogP contribution < -0.4 is 21.7 Å². The zero-order valence-corrected chi connectivity index (χ0v) is 17.8. The lowest BCUT2D eigenvalue weighted by Crippen LogP contribution is -2.43. The van der Waals surface area contributed by atoms with E-state index in [0.717, 1.165) is 42.5 Å². The summed E-state index contributed by atoms with van der Waals surface area (Å²) in [5.41, 5.74) is 13.1. The van der Waals surface area contributed by atoms with Gasteiger partial charge in [0.05, 0.1) is 28.7 Å². The van der Waals surface area contributed by atoms with Crippen LogP contribution in [0, 0.1) is 17.0 Å². The molecule has 0 radical (unpaired) electrons. The van der Waals surface area contributed by atoms with E-state index in [1.54, 1.807) is 0 Å². The fourth-order valence-electron chi connectivity index (χ4n) is 3.70. The summed E-state index contributed by atoms with van der Waals surface area (Å²) in [6, 6.07) is 3.48. The van der Waals surface area contributed by atoms with E-state index >= 15 is 0 Å². The Balaban J connectivity index is 1.66. The predicted molar refractivity (Wildman–Crippen MR) is 121 cm³/mol. The molecule has 2 aromatic heterocycles. The molecule has 6 N–H and O–H groups in total. The van der Waals surface area contributed by atoms with Crippen LogP contribution in [0.25, 0.3) is 10.6 Å². The molecule has 0 spiro atoms. The van der Waals surface area contributed by atoms with Crippen molar-refractivity contribution < 1.29 is 13.6 Å². The van der Waals surface area contributed by atoms with Gasteiger partial charge in [0.25, 0.3) is 5.91 Å². The number of anilines is 3. The molecular formula is C21H21F2N7OS. The Labute approximate surface area is 186 Å². The van der Waals surface area contributed by atoms with Gasteiger partial charge in [-0.2, -0.15) is 0 Å². The minimum atomic E-state index is -0.756. The van der Waals surface area contributed by atoms with Crippen LogP contribution >= 0.6 is 11.3 Å². The van der Waals surface area contributed by atoms with Crippen molar-refractivity contribution in [2.45, 2.75) is 18.9 Å². The van der Waals surface area contributed by atoms with E-state index < -0.39 is 17.5 Å². The number of thiazole rings is 1. The number of nitrogens with two attached hydrogens (primary N) is 2. The highest BCUT2D eigenvalue weighted by atomic mass is 32.1. The monoisotopic (exact) mass is 457 g/mol. The molecule has 1 unspecified atom stereocenters. The van der Waals surface area contributed by atoms with Gasteiger partial charge in [-0.05, 0) is 25.0 Å². The van der Waals surface area contributed by atoms with E-state index in [4.69, 9.17) is 16.9 Å². The Bertz CT molecular complexity index is 1160. The van der Waals surface area contributed by atoms with Crippen molar-refractivity contribution in [2.24, 2.45) is 5.73 Å². The third kappa shape index (κ3) is 4.16. The van der Waals surface area contributed by atoms with Crippen molar-refractivity contribution in [1.82, 2.24) is 9.97 Å². The molecule has 1 saturated heterocycles. The first-order valence-corrected chi connectivity index (χ1v) is 10.8. The maximum absolute atomic E-state index is 14.1. The second-order valence-electron chi connectivity index (χ2n) is 7.40. The van der Waals surface area contributed by atoms with Crippen LogP contribution in [-0.4, -0.2) is 41.2 Å². The highest BCUT2D eigenvalue weighted by molar-refractivity contribution is 7.13. The first kappa shape index (κ1) is 21.8. The fraction of sp³-hybridized carbons (Fsp3) is 0.238. The van der Waals surface area contributed by atoms with Crippen LogP contribution in [0.5, 0.6) is 0 Å². The van der Waals surface area contributed by atoms with E-state index in [-0.39, 0.29) is 28.1 Å². The molecule has 3 aromatic rings. The van der Waals surface area contributed by atoms with E-state index in [0.29, 0.717) is 30.0 Å². The normalized spacial score (nSPS) is 16.1. The Hall–Kier alpha value is -3.44. The molecule has 8 nitrogen and oxygen atoms in total. The maximum Gasteiger partial charge on any atom is 0.275 e. The number of nitrogen functional groups attached to an aromatic ring is 1. The minimum Gasteiger partial charge on any atom is -0.383 e. The Morgan fingerprint density at radius 1 is 1.34 bits per heavy atom. The van der Waals surface area contributed by atoms with Gasteiger partial charge in [0.15, 0.2) is 0 Å². The smallest absolute Gasteiger partial charge is 0.275 e. The van der Waals surface area contributed by atoms with Crippen molar-refractivity contribution in [3.63, 3.8) is 0 Å². The summed E-state index contributed by atoms with van der Waals surface area (Å²) in [6.07, 6.45) is 4.25. The Morgan fingerprint density at radius 3 is 2.78 bits per heavy atom. The highest BCUT2D eigenvalue weighted by Gasteiger charge is 2.25. The summed E-state index contributed by atoms with van der Waals surface area (Å²) < 4.78 is 28.1. The number of nitrogens with one attached hydrogen (secondary N) is 2. The Morgan fingerprint density at radius 2 is 2.09 bits per heavy atom. The van der Waals surface area contributed by atoms with Crippen LogP contribution in [0.4, 0.5) is 26.0 Å². The number of hydrogen-bond donors (Lipinski definition) is 4. The molecule has 166 valence electrons. The van der Waals surface area contributed by atoms with E-state index in [1.165, 1.54) is 17.6 Å². The number of piperidine rings is 1. The van der Waals surface area contributed by atoms with E-state index in [9.17, 15) is 13.6 Å². The van der Waals surface area contributed by atoms with Crippen molar-refractivity contribution in [1.29, 1.82) is 5.41 Å².